The summed E-state index contributed by atoms with van der Waals surface area (Å²) in [5.41, 5.74) is 11.7. The Balaban J connectivity index is 2.09. The topological polar surface area (TPSA) is 107 Å². The number of carbonyl (C=O) groups excluding carboxylic acids is 2. The lowest BCUT2D eigenvalue weighted by molar-refractivity contribution is 0.0595. The van der Waals surface area contributed by atoms with Crippen LogP contribution >= 0.6 is 0 Å². The molecule has 1 unspecified atom stereocenters. The molecule has 2 rings (SSSR count). The van der Waals surface area contributed by atoms with Gasteiger partial charge in [0.2, 0.25) is 11.8 Å². The van der Waals surface area contributed by atoms with E-state index in [-0.39, 0.29) is 11.1 Å². The number of primary amides is 2. The summed E-state index contributed by atoms with van der Waals surface area (Å²) in [6.07, 6.45) is 2.16. The molecule has 0 aromatic heterocycles. The van der Waals surface area contributed by atoms with Gasteiger partial charge in [-0.2, -0.15) is 0 Å². The minimum Gasteiger partial charge on any atom is -0.385 e. The van der Waals surface area contributed by atoms with E-state index in [4.69, 9.17) is 16.2 Å². The third-order valence-electron chi connectivity index (χ3n) is 3.35. The monoisotopic (exact) mass is 277 g/mol. The van der Waals surface area contributed by atoms with Crippen molar-refractivity contribution in [3.05, 3.63) is 29.3 Å². The van der Waals surface area contributed by atoms with E-state index in [0.717, 1.165) is 32.6 Å². The first-order valence-electron chi connectivity index (χ1n) is 6.62. The second kappa shape index (κ2) is 6.38. The van der Waals surface area contributed by atoms with Gasteiger partial charge in [0.25, 0.3) is 0 Å². The van der Waals surface area contributed by atoms with Gasteiger partial charge in [-0.15, -0.1) is 0 Å². The molecule has 108 valence electrons. The third kappa shape index (κ3) is 3.71. The molecule has 0 aliphatic carbocycles. The predicted molar refractivity (Wildman–Crippen MR) is 75.5 cm³/mol. The zero-order valence-corrected chi connectivity index (χ0v) is 11.2. The van der Waals surface area contributed by atoms with Crippen LogP contribution in [-0.2, 0) is 4.74 Å². The molecular weight excluding hydrogens is 258 g/mol. The van der Waals surface area contributed by atoms with E-state index in [2.05, 4.69) is 5.32 Å². The molecule has 1 aromatic rings. The molecule has 1 aromatic carbocycles. The molecule has 6 nitrogen and oxygen atoms in total. The fourth-order valence-corrected chi connectivity index (χ4v) is 2.24. The zero-order chi connectivity index (χ0) is 14.5. The van der Waals surface area contributed by atoms with Crippen molar-refractivity contribution in [2.45, 2.75) is 12.8 Å². The molecule has 0 spiro atoms. The molecule has 1 atom stereocenters. The first-order chi connectivity index (χ1) is 9.56. The predicted octanol–water partition coefficient (Wildman–Crippen LogP) is 0.723. The van der Waals surface area contributed by atoms with Crippen molar-refractivity contribution >= 4 is 17.5 Å². The Morgan fingerprint density at radius 3 is 2.35 bits per heavy atom. The first-order valence-corrected chi connectivity index (χ1v) is 6.62. The van der Waals surface area contributed by atoms with Gasteiger partial charge in [0.1, 0.15) is 0 Å². The quantitative estimate of drug-likeness (QED) is 0.737. The van der Waals surface area contributed by atoms with Crippen molar-refractivity contribution in [1.29, 1.82) is 0 Å². The van der Waals surface area contributed by atoms with Crippen LogP contribution in [-0.4, -0.2) is 31.6 Å². The number of anilines is 1. The summed E-state index contributed by atoms with van der Waals surface area (Å²) in [6.45, 7) is 2.27. The number of rotatable bonds is 5. The molecule has 0 bridgehead atoms. The first kappa shape index (κ1) is 14.3. The molecule has 1 heterocycles. The van der Waals surface area contributed by atoms with E-state index in [0.29, 0.717) is 11.6 Å². The van der Waals surface area contributed by atoms with E-state index < -0.39 is 11.8 Å². The Hall–Kier alpha value is -2.08. The number of ether oxygens (including phenoxy) is 1. The summed E-state index contributed by atoms with van der Waals surface area (Å²) in [5.74, 6) is -0.743. The van der Waals surface area contributed by atoms with Gasteiger partial charge in [-0.3, -0.25) is 9.59 Å². The highest BCUT2D eigenvalue weighted by molar-refractivity contribution is 5.99. The van der Waals surface area contributed by atoms with E-state index in [1.165, 1.54) is 6.07 Å². The Morgan fingerprint density at radius 2 is 1.85 bits per heavy atom. The smallest absolute Gasteiger partial charge is 0.248 e. The van der Waals surface area contributed by atoms with E-state index in [9.17, 15) is 9.59 Å². The van der Waals surface area contributed by atoms with Crippen molar-refractivity contribution in [1.82, 2.24) is 0 Å². The SMILES string of the molecule is NC(=O)c1cc(NCC2CCCOC2)cc(C(N)=O)c1. The second-order valence-corrected chi connectivity index (χ2v) is 4.99. The lowest BCUT2D eigenvalue weighted by Crippen LogP contribution is -2.24. The Labute approximate surface area is 117 Å². The van der Waals surface area contributed by atoms with Crippen LogP contribution in [0.25, 0.3) is 0 Å². The number of carbonyl (C=O) groups is 2. The van der Waals surface area contributed by atoms with Gasteiger partial charge in [0.05, 0.1) is 6.61 Å². The normalized spacial score (nSPS) is 18.5. The summed E-state index contributed by atoms with van der Waals surface area (Å²) < 4.78 is 5.41. The third-order valence-corrected chi connectivity index (χ3v) is 3.35. The van der Waals surface area contributed by atoms with Crippen molar-refractivity contribution in [2.75, 3.05) is 25.1 Å². The fourth-order valence-electron chi connectivity index (χ4n) is 2.24. The summed E-state index contributed by atoms with van der Waals surface area (Å²) in [4.78, 5) is 22.5. The highest BCUT2D eigenvalue weighted by atomic mass is 16.5. The molecule has 1 saturated heterocycles. The molecule has 1 aliphatic rings. The molecule has 0 radical (unpaired) electrons. The van der Waals surface area contributed by atoms with E-state index in [1.54, 1.807) is 12.1 Å². The van der Waals surface area contributed by atoms with Crippen LogP contribution in [0.4, 0.5) is 5.69 Å². The van der Waals surface area contributed by atoms with Gasteiger partial charge in [-0.05, 0) is 37.0 Å². The van der Waals surface area contributed by atoms with Crippen molar-refractivity contribution < 1.29 is 14.3 Å². The summed E-state index contributed by atoms with van der Waals surface area (Å²) in [5, 5.41) is 3.21. The standard InChI is InChI=1S/C14H19N3O3/c15-13(18)10-4-11(14(16)19)6-12(5-10)17-7-9-2-1-3-20-8-9/h4-6,9,17H,1-3,7-8H2,(H2,15,18)(H2,16,19). The average molecular weight is 277 g/mol. The lowest BCUT2D eigenvalue weighted by Gasteiger charge is -2.22. The van der Waals surface area contributed by atoms with Gasteiger partial charge < -0.3 is 21.5 Å². The number of hydrogen-bond donors (Lipinski definition) is 3. The number of nitrogens with one attached hydrogen (secondary N) is 1. The summed E-state index contributed by atoms with van der Waals surface area (Å²) >= 11 is 0. The van der Waals surface area contributed by atoms with E-state index in [1.807, 2.05) is 0 Å². The largest absolute Gasteiger partial charge is 0.385 e. The lowest BCUT2D eigenvalue weighted by atomic mass is 10.0. The molecular formula is C14H19N3O3. The van der Waals surface area contributed by atoms with Crippen LogP contribution in [0.1, 0.15) is 33.6 Å². The van der Waals surface area contributed by atoms with Gasteiger partial charge >= 0.3 is 0 Å². The molecule has 20 heavy (non-hydrogen) atoms. The summed E-state index contributed by atoms with van der Waals surface area (Å²) in [6, 6.07) is 4.65. The number of hydrogen-bond acceptors (Lipinski definition) is 4. The Bertz CT molecular complexity index is 478. The van der Waals surface area contributed by atoms with Gasteiger partial charge in [-0.25, -0.2) is 0 Å². The molecule has 1 fully saturated rings. The zero-order valence-electron chi connectivity index (χ0n) is 11.2. The minimum atomic E-state index is -0.586. The van der Waals surface area contributed by atoms with Gasteiger partial charge in [0.15, 0.2) is 0 Å². The maximum atomic E-state index is 11.3. The van der Waals surface area contributed by atoms with Gasteiger partial charge in [-0.1, -0.05) is 0 Å². The maximum absolute atomic E-state index is 11.3. The van der Waals surface area contributed by atoms with Crippen molar-refractivity contribution in [2.24, 2.45) is 17.4 Å². The average Bonchev–Trinajstić information content (AvgIpc) is 2.45. The van der Waals surface area contributed by atoms with Crippen LogP contribution in [0.5, 0.6) is 0 Å². The number of benzene rings is 1. The van der Waals surface area contributed by atoms with Crippen LogP contribution < -0.4 is 16.8 Å². The number of nitrogens with two attached hydrogens (primary N) is 2. The van der Waals surface area contributed by atoms with Crippen molar-refractivity contribution in [3.8, 4) is 0 Å². The minimum absolute atomic E-state index is 0.267. The van der Waals surface area contributed by atoms with Crippen LogP contribution in [0.3, 0.4) is 0 Å². The number of amides is 2. The van der Waals surface area contributed by atoms with E-state index >= 15 is 0 Å². The van der Waals surface area contributed by atoms with Crippen LogP contribution in [0.15, 0.2) is 18.2 Å². The fraction of sp³-hybridized carbons (Fsp3) is 0.429. The highest BCUT2D eigenvalue weighted by Crippen LogP contribution is 2.18. The van der Waals surface area contributed by atoms with Crippen LogP contribution in [0, 0.1) is 5.92 Å². The van der Waals surface area contributed by atoms with Crippen molar-refractivity contribution in [3.63, 3.8) is 0 Å². The highest BCUT2D eigenvalue weighted by Gasteiger charge is 2.14. The second-order valence-electron chi connectivity index (χ2n) is 4.99. The molecule has 6 heteroatoms. The van der Waals surface area contributed by atoms with Crippen LogP contribution in [0.2, 0.25) is 0 Å². The van der Waals surface area contributed by atoms with Gasteiger partial charge in [0, 0.05) is 30.0 Å². The molecule has 2 amide bonds. The Kier molecular flexibility index (Phi) is 4.57. The maximum Gasteiger partial charge on any atom is 0.248 e. The summed E-state index contributed by atoms with van der Waals surface area (Å²) in [7, 11) is 0. The Morgan fingerprint density at radius 1 is 1.20 bits per heavy atom. The molecule has 0 saturated carbocycles. The molecule has 1 aliphatic heterocycles. The molecule has 5 N–H and O–H groups in total.